The van der Waals surface area contributed by atoms with Crippen LogP contribution in [0.25, 0.3) is 6.08 Å². The molecule has 0 bridgehead atoms. The smallest absolute Gasteiger partial charge is 0.416 e. The lowest BCUT2D eigenvalue weighted by atomic mass is 9.87. The maximum atomic E-state index is 13.0. The summed E-state index contributed by atoms with van der Waals surface area (Å²) >= 11 is 0. The van der Waals surface area contributed by atoms with Gasteiger partial charge in [-0.05, 0) is 73.6 Å². The van der Waals surface area contributed by atoms with Crippen molar-refractivity contribution in [2.45, 2.75) is 50.3 Å². The SMILES string of the molecule is COc1ccc([C@H]2CNC(=O)C(=Cc3cccc(C(F)(F)F)c3)C2)cc1OC1CCCC1. The highest BCUT2D eigenvalue weighted by atomic mass is 19.4. The molecule has 0 unspecified atom stereocenters. The first-order valence-corrected chi connectivity index (χ1v) is 10.8. The van der Waals surface area contributed by atoms with E-state index in [2.05, 4.69) is 5.32 Å². The molecule has 32 heavy (non-hydrogen) atoms. The molecule has 2 aromatic rings. The van der Waals surface area contributed by atoms with Gasteiger partial charge in [-0.2, -0.15) is 13.2 Å². The number of benzene rings is 2. The molecule has 1 saturated heterocycles. The fraction of sp³-hybridized carbons (Fsp3) is 0.400. The Kier molecular flexibility index (Phi) is 6.44. The van der Waals surface area contributed by atoms with Crippen molar-refractivity contribution in [1.82, 2.24) is 5.32 Å². The Bertz CT molecular complexity index is 1010. The van der Waals surface area contributed by atoms with Gasteiger partial charge in [0.15, 0.2) is 11.5 Å². The van der Waals surface area contributed by atoms with E-state index in [1.54, 1.807) is 13.2 Å². The van der Waals surface area contributed by atoms with E-state index in [1.807, 2.05) is 18.2 Å². The van der Waals surface area contributed by atoms with Gasteiger partial charge in [0.2, 0.25) is 5.91 Å². The number of hydrogen-bond acceptors (Lipinski definition) is 3. The second-order valence-corrected chi connectivity index (χ2v) is 8.34. The van der Waals surface area contributed by atoms with Crippen LogP contribution in [0.1, 0.15) is 54.7 Å². The zero-order valence-corrected chi connectivity index (χ0v) is 17.9. The Morgan fingerprint density at radius 2 is 1.84 bits per heavy atom. The molecule has 1 heterocycles. The minimum Gasteiger partial charge on any atom is -0.493 e. The number of piperidine rings is 1. The van der Waals surface area contributed by atoms with Gasteiger partial charge in [0, 0.05) is 18.0 Å². The van der Waals surface area contributed by atoms with E-state index in [4.69, 9.17) is 9.47 Å². The second-order valence-electron chi connectivity index (χ2n) is 8.34. The third-order valence-corrected chi connectivity index (χ3v) is 6.08. The van der Waals surface area contributed by atoms with Gasteiger partial charge in [-0.25, -0.2) is 0 Å². The van der Waals surface area contributed by atoms with Crippen LogP contribution >= 0.6 is 0 Å². The number of halogens is 3. The number of nitrogens with one attached hydrogen (secondary N) is 1. The monoisotopic (exact) mass is 445 g/mol. The van der Waals surface area contributed by atoms with Crippen LogP contribution in [-0.2, 0) is 11.0 Å². The van der Waals surface area contributed by atoms with Crippen LogP contribution < -0.4 is 14.8 Å². The number of ether oxygens (including phenoxy) is 2. The molecule has 1 atom stereocenters. The Morgan fingerprint density at radius 3 is 2.56 bits per heavy atom. The summed E-state index contributed by atoms with van der Waals surface area (Å²) < 4.78 is 50.7. The highest BCUT2D eigenvalue weighted by Gasteiger charge is 2.31. The molecule has 7 heteroatoms. The summed E-state index contributed by atoms with van der Waals surface area (Å²) in [6, 6.07) is 10.8. The molecular weight excluding hydrogens is 419 g/mol. The Hall–Kier alpha value is -2.96. The number of carbonyl (C=O) groups excluding carboxylic acids is 1. The molecule has 1 amide bonds. The zero-order valence-electron chi connectivity index (χ0n) is 17.9. The Balaban J connectivity index is 1.57. The largest absolute Gasteiger partial charge is 0.493 e. The molecule has 2 aromatic carbocycles. The molecule has 1 aliphatic carbocycles. The quantitative estimate of drug-likeness (QED) is 0.599. The highest BCUT2D eigenvalue weighted by molar-refractivity contribution is 5.98. The van der Waals surface area contributed by atoms with Crippen molar-refractivity contribution in [2.75, 3.05) is 13.7 Å². The molecule has 170 valence electrons. The standard InChI is InChI=1S/C25H26F3NO3/c1-31-22-10-9-17(14-23(22)32-21-7-2-3-8-21)19-13-18(24(30)29-15-19)11-16-5-4-6-20(12-16)25(26,27)28/h4-6,9-12,14,19,21H,2-3,7-8,13,15H2,1H3,(H,29,30)/t19-/m1/s1. The first kappa shape index (κ1) is 22.2. The highest BCUT2D eigenvalue weighted by Crippen LogP contribution is 2.37. The van der Waals surface area contributed by atoms with E-state index in [0.717, 1.165) is 43.4 Å². The topological polar surface area (TPSA) is 47.6 Å². The Labute approximate surface area is 185 Å². The van der Waals surface area contributed by atoms with Crippen molar-refractivity contribution in [3.63, 3.8) is 0 Å². The molecule has 0 spiro atoms. The van der Waals surface area contributed by atoms with Crippen LogP contribution in [0.15, 0.2) is 48.0 Å². The molecule has 1 saturated carbocycles. The van der Waals surface area contributed by atoms with Crippen LogP contribution in [0.3, 0.4) is 0 Å². The first-order valence-electron chi connectivity index (χ1n) is 10.8. The van der Waals surface area contributed by atoms with Gasteiger partial charge >= 0.3 is 6.18 Å². The lowest BCUT2D eigenvalue weighted by Gasteiger charge is -2.26. The molecular formula is C25H26F3NO3. The summed E-state index contributed by atoms with van der Waals surface area (Å²) in [7, 11) is 1.60. The van der Waals surface area contributed by atoms with Crippen LogP contribution in [0.5, 0.6) is 11.5 Å². The molecule has 4 nitrogen and oxygen atoms in total. The minimum absolute atomic E-state index is 0.0124. The maximum Gasteiger partial charge on any atom is 0.416 e. The van der Waals surface area contributed by atoms with Crippen LogP contribution in [0, 0.1) is 0 Å². The number of carbonyl (C=O) groups is 1. The molecule has 1 aliphatic heterocycles. The normalized spacial score (nSPS) is 20.9. The fourth-order valence-corrected chi connectivity index (χ4v) is 4.35. The summed E-state index contributed by atoms with van der Waals surface area (Å²) in [6.45, 7) is 0.452. The zero-order chi connectivity index (χ0) is 22.7. The summed E-state index contributed by atoms with van der Waals surface area (Å²) in [5, 5.41) is 2.87. The third kappa shape index (κ3) is 5.09. The van der Waals surface area contributed by atoms with Crippen LogP contribution in [-0.4, -0.2) is 25.7 Å². The van der Waals surface area contributed by atoms with Crippen LogP contribution in [0.4, 0.5) is 13.2 Å². The van der Waals surface area contributed by atoms with Gasteiger partial charge in [-0.15, -0.1) is 0 Å². The number of alkyl halides is 3. The van der Waals surface area contributed by atoms with E-state index in [0.29, 0.717) is 35.6 Å². The van der Waals surface area contributed by atoms with Crippen molar-refractivity contribution in [3.05, 3.63) is 64.7 Å². The third-order valence-electron chi connectivity index (χ3n) is 6.08. The number of methoxy groups -OCH3 is 1. The van der Waals surface area contributed by atoms with Gasteiger partial charge < -0.3 is 14.8 Å². The maximum absolute atomic E-state index is 13.0. The fourth-order valence-electron chi connectivity index (χ4n) is 4.35. The van der Waals surface area contributed by atoms with E-state index >= 15 is 0 Å². The summed E-state index contributed by atoms with van der Waals surface area (Å²) in [6.07, 6.45) is 2.09. The van der Waals surface area contributed by atoms with E-state index < -0.39 is 11.7 Å². The van der Waals surface area contributed by atoms with E-state index in [1.165, 1.54) is 12.1 Å². The number of amides is 1. The van der Waals surface area contributed by atoms with Gasteiger partial charge in [0.1, 0.15) is 0 Å². The molecule has 0 aromatic heterocycles. The summed E-state index contributed by atoms with van der Waals surface area (Å²) in [5.41, 5.74) is 1.07. The lowest BCUT2D eigenvalue weighted by Crippen LogP contribution is -2.35. The summed E-state index contributed by atoms with van der Waals surface area (Å²) in [4.78, 5) is 12.4. The van der Waals surface area contributed by atoms with E-state index in [-0.39, 0.29) is 17.9 Å². The summed E-state index contributed by atoms with van der Waals surface area (Å²) in [5.74, 6) is 1.09. The first-order chi connectivity index (χ1) is 15.3. The van der Waals surface area contributed by atoms with Crippen LogP contribution in [0.2, 0.25) is 0 Å². The van der Waals surface area contributed by atoms with Crippen molar-refractivity contribution >= 4 is 12.0 Å². The van der Waals surface area contributed by atoms with Gasteiger partial charge in [-0.1, -0.05) is 18.2 Å². The molecule has 4 rings (SSSR count). The second kappa shape index (κ2) is 9.27. The van der Waals surface area contributed by atoms with Gasteiger partial charge in [-0.3, -0.25) is 4.79 Å². The molecule has 1 N–H and O–H groups in total. The van der Waals surface area contributed by atoms with Crippen molar-refractivity contribution in [3.8, 4) is 11.5 Å². The average molecular weight is 445 g/mol. The lowest BCUT2D eigenvalue weighted by molar-refractivity contribution is -0.137. The van der Waals surface area contributed by atoms with Crippen molar-refractivity contribution in [2.24, 2.45) is 0 Å². The van der Waals surface area contributed by atoms with Gasteiger partial charge in [0.05, 0.1) is 18.8 Å². The number of rotatable bonds is 5. The Morgan fingerprint density at radius 1 is 1.06 bits per heavy atom. The number of hydrogen-bond donors (Lipinski definition) is 1. The van der Waals surface area contributed by atoms with Gasteiger partial charge in [0.25, 0.3) is 0 Å². The predicted octanol–water partition coefficient (Wildman–Crippen LogP) is 5.72. The predicted molar refractivity (Wildman–Crippen MR) is 116 cm³/mol. The molecule has 2 aliphatic rings. The average Bonchev–Trinajstić information content (AvgIpc) is 3.28. The minimum atomic E-state index is -4.43. The van der Waals surface area contributed by atoms with E-state index in [9.17, 15) is 18.0 Å². The van der Waals surface area contributed by atoms with Crippen molar-refractivity contribution in [1.29, 1.82) is 0 Å². The van der Waals surface area contributed by atoms with Crippen molar-refractivity contribution < 1.29 is 27.4 Å². The molecule has 2 fully saturated rings. The molecule has 0 radical (unpaired) electrons.